The van der Waals surface area contributed by atoms with Gasteiger partial charge in [-0.3, -0.25) is 9.59 Å². The van der Waals surface area contributed by atoms with Gasteiger partial charge in [-0.1, -0.05) is 36.2 Å². The van der Waals surface area contributed by atoms with Crippen LogP contribution in [0.2, 0.25) is 0 Å². The zero-order chi connectivity index (χ0) is 17.2. The number of pyridine rings is 1. The number of nitrogens with zero attached hydrogens (tertiary/aromatic N) is 3. The van der Waals surface area contributed by atoms with Gasteiger partial charge in [-0.2, -0.15) is 4.98 Å². The van der Waals surface area contributed by atoms with Gasteiger partial charge in [0, 0.05) is 12.1 Å². The molecule has 1 saturated heterocycles. The van der Waals surface area contributed by atoms with Gasteiger partial charge in [-0.15, -0.1) is 0 Å². The van der Waals surface area contributed by atoms with E-state index in [9.17, 15) is 9.59 Å². The van der Waals surface area contributed by atoms with Crippen LogP contribution in [0.1, 0.15) is 47.9 Å². The van der Waals surface area contributed by atoms with E-state index in [0.717, 1.165) is 36.6 Å². The summed E-state index contributed by atoms with van der Waals surface area (Å²) in [5.41, 5.74) is 0.489. The summed E-state index contributed by atoms with van der Waals surface area (Å²) in [6, 6.07) is 8.82. The molecule has 0 radical (unpaired) electrons. The first-order valence-electron chi connectivity index (χ1n) is 8.43. The number of carbonyl (C=O) groups excluding carboxylic acids is 1. The van der Waals surface area contributed by atoms with Crippen molar-refractivity contribution in [2.45, 2.75) is 31.7 Å². The summed E-state index contributed by atoms with van der Waals surface area (Å²) in [6.45, 7) is 0.574. The second-order valence-electron chi connectivity index (χ2n) is 6.25. The van der Waals surface area contributed by atoms with Crippen LogP contribution in [0, 0.1) is 0 Å². The predicted octanol–water partition coefficient (Wildman–Crippen LogP) is 2.67. The molecule has 0 spiro atoms. The van der Waals surface area contributed by atoms with Gasteiger partial charge in [0.1, 0.15) is 5.56 Å². The zero-order valence-electron chi connectivity index (χ0n) is 13.6. The fourth-order valence-corrected chi connectivity index (χ4v) is 3.41. The molecule has 1 aliphatic rings. The SMILES string of the molecule is O=C(c1cc2ccccc2[nH]c1=O)N1CCCCCC1c1ncon1. The Morgan fingerprint density at radius 3 is 2.96 bits per heavy atom. The molecular weight excluding hydrogens is 320 g/mol. The number of aromatic nitrogens is 3. The van der Waals surface area contributed by atoms with Crippen molar-refractivity contribution in [3.8, 4) is 0 Å². The van der Waals surface area contributed by atoms with Gasteiger partial charge in [-0.05, 0) is 30.4 Å². The summed E-state index contributed by atoms with van der Waals surface area (Å²) in [4.78, 5) is 34.2. The summed E-state index contributed by atoms with van der Waals surface area (Å²) >= 11 is 0. The van der Waals surface area contributed by atoms with E-state index in [1.54, 1.807) is 11.0 Å². The average molecular weight is 338 g/mol. The molecule has 2 aromatic heterocycles. The molecule has 1 aromatic carbocycles. The van der Waals surface area contributed by atoms with Gasteiger partial charge in [0.15, 0.2) is 5.82 Å². The molecule has 0 aliphatic carbocycles. The minimum absolute atomic E-state index is 0.147. The Kier molecular flexibility index (Phi) is 4.05. The van der Waals surface area contributed by atoms with Crippen LogP contribution in [0.3, 0.4) is 0 Å². The van der Waals surface area contributed by atoms with Crippen molar-refractivity contribution in [3.63, 3.8) is 0 Å². The lowest BCUT2D eigenvalue weighted by Crippen LogP contribution is -2.38. The molecular formula is C18H18N4O3. The lowest BCUT2D eigenvalue weighted by Gasteiger charge is -2.27. The van der Waals surface area contributed by atoms with Crippen molar-refractivity contribution >= 4 is 16.8 Å². The van der Waals surface area contributed by atoms with Crippen LogP contribution < -0.4 is 5.56 Å². The zero-order valence-corrected chi connectivity index (χ0v) is 13.6. The van der Waals surface area contributed by atoms with Gasteiger partial charge in [0.2, 0.25) is 6.39 Å². The molecule has 7 heteroatoms. The lowest BCUT2D eigenvalue weighted by atomic mass is 10.1. The van der Waals surface area contributed by atoms with E-state index >= 15 is 0 Å². The molecule has 3 heterocycles. The minimum atomic E-state index is -0.375. The minimum Gasteiger partial charge on any atom is -0.343 e. The van der Waals surface area contributed by atoms with Gasteiger partial charge >= 0.3 is 0 Å². The fourth-order valence-electron chi connectivity index (χ4n) is 3.41. The predicted molar refractivity (Wildman–Crippen MR) is 91.1 cm³/mol. The standard InChI is InChI=1S/C18H18N4O3/c23-17-13(10-12-6-3-4-7-14(12)20-17)18(24)22-9-5-1-2-8-15(22)16-19-11-25-21-16/h3-4,6-7,10-11,15H,1-2,5,8-9H2,(H,20,23). The molecule has 0 saturated carbocycles. The van der Waals surface area contributed by atoms with E-state index < -0.39 is 0 Å². The monoisotopic (exact) mass is 338 g/mol. The molecule has 7 nitrogen and oxygen atoms in total. The second kappa shape index (κ2) is 6.51. The number of rotatable bonds is 2. The van der Waals surface area contributed by atoms with Crippen molar-refractivity contribution in [1.82, 2.24) is 20.0 Å². The Morgan fingerprint density at radius 2 is 2.12 bits per heavy atom. The van der Waals surface area contributed by atoms with E-state index in [1.807, 2.05) is 24.3 Å². The third-order valence-corrected chi connectivity index (χ3v) is 4.67. The largest absolute Gasteiger partial charge is 0.343 e. The molecule has 4 rings (SSSR count). The Bertz CT molecular complexity index is 948. The normalized spacial score (nSPS) is 18.2. The van der Waals surface area contributed by atoms with Crippen LogP contribution in [0.15, 0.2) is 46.0 Å². The number of para-hydroxylation sites is 1. The quantitative estimate of drug-likeness (QED) is 0.775. The maximum absolute atomic E-state index is 13.1. The molecule has 1 N–H and O–H groups in total. The first kappa shape index (κ1) is 15.6. The Labute approximate surface area is 143 Å². The molecule has 128 valence electrons. The van der Waals surface area contributed by atoms with Crippen LogP contribution in [0.25, 0.3) is 10.9 Å². The molecule has 1 fully saturated rings. The number of amides is 1. The highest BCUT2D eigenvalue weighted by atomic mass is 16.5. The van der Waals surface area contributed by atoms with Crippen molar-refractivity contribution in [2.24, 2.45) is 0 Å². The van der Waals surface area contributed by atoms with Gasteiger partial charge < -0.3 is 14.4 Å². The van der Waals surface area contributed by atoms with Gasteiger partial charge in [0.05, 0.1) is 6.04 Å². The first-order valence-corrected chi connectivity index (χ1v) is 8.43. The number of H-pyrrole nitrogens is 1. The van der Waals surface area contributed by atoms with E-state index in [-0.39, 0.29) is 23.1 Å². The van der Waals surface area contributed by atoms with Gasteiger partial charge in [-0.25, -0.2) is 0 Å². The van der Waals surface area contributed by atoms with Crippen molar-refractivity contribution < 1.29 is 9.32 Å². The maximum Gasteiger partial charge on any atom is 0.261 e. The summed E-state index contributed by atoms with van der Waals surface area (Å²) in [5.74, 6) is 0.205. The van der Waals surface area contributed by atoms with Crippen LogP contribution in [0.5, 0.6) is 0 Å². The third-order valence-electron chi connectivity index (χ3n) is 4.67. The number of benzene rings is 1. The molecule has 3 aromatic rings. The summed E-state index contributed by atoms with van der Waals surface area (Å²) in [7, 11) is 0. The number of hydrogen-bond acceptors (Lipinski definition) is 5. The number of likely N-dealkylation sites (tertiary alicyclic amines) is 1. The van der Waals surface area contributed by atoms with Crippen LogP contribution >= 0.6 is 0 Å². The Morgan fingerprint density at radius 1 is 1.24 bits per heavy atom. The van der Waals surface area contributed by atoms with E-state index in [1.165, 1.54) is 6.39 Å². The molecule has 1 amide bonds. The highest BCUT2D eigenvalue weighted by Gasteiger charge is 2.31. The van der Waals surface area contributed by atoms with Crippen LogP contribution in [-0.4, -0.2) is 32.5 Å². The van der Waals surface area contributed by atoms with Crippen LogP contribution in [-0.2, 0) is 0 Å². The maximum atomic E-state index is 13.1. The van der Waals surface area contributed by atoms with Crippen molar-refractivity contribution in [1.29, 1.82) is 0 Å². The average Bonchev–Trinajstić information content (AvgIpc) is 3.05. The van der Waals surface area contributed by atoms with Crippen LogP contribution in [0.4, 0.5) is 0 Å². The number of carbonyl (C=O) groups is 1. The highest BCUT2D eigenvalue weighted by Crippen LogP contribution is 2.29. The van der Waals surface area contributed by atoms with E-state index in [2.05, 4.69) is 15.1 Å². The summed E-state index contributed by atoms with van der Waals surface area (Å²) < 4.78 is 4.86. The second-order valence-corrected chi connectivity index (χ2v) is 6.25. The lowest BCUT2D eigenvalue weighted by molar-refractivity contribution is 0.0668. The van der Waals surface area contributed by atoms with Gasteiger partial charge in [0.25, 0.3) is 11.5 Å². The number of hydrogen-bond donors (Lipinski definition) is 1. The molecule has 1 unspecified atom stereocenters. The number of aromatic amines is 1. The molecule has 1 atom stereocenters. The smallest absolute Gasteiger partial charge is 0.261 e. The first-order chi connectivity index (χ1) is 12.2. The Balaban J connectivity index is 1.75. The summed E-state index contributed by atoms with van der Waals surface area (Å²) in [5, 5.41) is 4.74. The van der Waals surface area contributed by atoms with Crippen molar-refractivity contribution in [3.05, 3.63) is 58.5 Å². The van der Waals surface area contributed by atoms with E-state index in [0.29, 0.717) is 12.4 Å². The number of fused-ring (bicyclic) bond motifs is 1. The summed E-state index contributed by atoms with van der Waals surface area (Å²) in [6.07, 6.45) is 4.94. The molecule has 0 bridgehead atoms. The molecule has 25 heavy (non-hydrogen) atoms. The Hall–Kier alpha value is -2.96. The van der Waals surface area contributed by atoms with Crippen molar-refractivity contribution in [2.75, 3.05) is 6.54 Å². The highest BCUT2D eigenvalue weighted by molar-refractivity contribution is 5.97. The molecule has 1 aliphatic heterocycles. The third kappa shape index (κ3) is 2.93. The fraction of sp³-hybridized carbons (Fsp3) is 0.333. The number of nitrogens with one attached hydrogen (secondary N) is 1. The van der Waals surface area contributed by atoms with E-state index in [4.69, 9.17) is 4.52 Å². The topological polar surface area (TPSA) is 92.1 Å².